The van der Waals surface area contributed by atoms with Gasteiger partial charge in [-0.25, -0.2) is 0 Å². The Morgan fingerprint density at radius 2 is 1.62 bits per heavy atom. The van der Waals surface area contributed by atoms with Crippen molar-refractivity contribution in [2.24, 2.45) is 0 Å². The summed E-state index contributed by atoms with van der Waals surface area (Å²) in [6.45, 7) is 3.87. The van der Waals surface area contributed by atoms with Gasteiger partial charge in [-0.05, 0) is 32.0 Å². The fourth-order valence-corrected chi connectivity index (χ4v) is 3.34. The molecule has 0 saturated carbocycles. The second kappa shape index (κ2) is 8.51. The Balaban J connectivity index is 1.71. The summed E-state index contributed by atoms with van der Waals surface area (Å²) in [7, 11) is 4.73. The van der Waals surface area contributed by atoms with Crippen LogP contribution >= 0.6 is 0 Å². The van der Waals surface area contributed by atoms with E-state index in [0.717, 1.165) is 11.3 Å². The number of benzene rings is 2. The topological polar surface area (TPSA) is 75.3 Å². The second-order valence-electron chi connectivity index (χ2n) is 7.43. The first-order valence-corrected chi connectivity index (χ1v) is 9.36. The Labute approximate surface area is 170 Å². The Morgan fingerprint density at radius 3 is 2.24 bits per heavy atom. The van der Waals surface area contributed by atoms with E-state index in [9.17, 15) is 4.79 Å². The zero-order valence-corrected chi connectivity index (χ0v) is 17.4. The van der Waals surface area contributed by atoms with Crippen LogP contribution in [0.2, 0.25) is 0 Å². The molecule has 1 atom stereocenters. The van der Waals surface area contributed by atoms with Gasteiger partial charge in [0.05, 0.1) is 27.4 Å². The summed E-state index contributed by atoms with van der Waals surface area (Å²) in [5.74, 6) is 2.89. The molecular weight excluding hydrogens is 374 g/mol. The number of methoxy groups -OCH3 is 3. The van der Waals surface area contributed by atoms with Crippen molar-refractivity contribution in [1.82, 2.24) is 5.32 Å². The number of fused-ring (bicyclic) bond motifs is 1. The average Bonchev–Trinajstić information content (AvgIpc) is 2.71. The first-order valence-electron chi connectivity index (χ1n) is 9.36. The third kappa shape index (κ3) is 5.04. The molecule has 2 aromatic carbocycles. The van der Waals surface area contributed by atoms with Crippen LogP contribution in [0.15, 0.2) is 36.4 Å². The van der Waals surface area contributed by atoms with Gasteiger partial charge in [0.2, 0.25) is 0 Å². The summed E-state index contributed by atoms with van der Waals surface area (Å²) in [6.07, 6.45) is 0.631. The van der Waals surface area contributed by atoms with Gasteiger partial charge in [-0.15, -0.1) is 0 Å². The fourth-order valence-electron chi connectivity index (χ4n) is 3.34. The minimum atomic E-state index is -0.402. The van der Waals surface area contributed by atoms with Crippen LogP contribution in [0.1, 0.15) is 31.9 Å². The lowest BCUT2D eigenvalue weighted by Gasteiger charge is -2.38. The minimum absolute atomic E-state index is 0.132. The normalized spacial score (nSPS) is 16.8. The molecule has 1 amide bonds. The number of rotatable bonds is 7. The van der Waals surface area contributed by atoms with Crippen molar-refractivity contribution in [1.29, 1.82) is 0 Å². The highest BCUT2D eigenvalue weighted by Crippen LogP contribution is 2.41. The van der Waals surface area contributed by atoms with Crippen LogP contribution < -0.4 is 29.0 Å². The third-order valence-electron chi connectivity index (χ3n) is 4.70. The van der Waals surface area contributed by atoms with Crippen molar-refractivity contribution in [2.75, 3.05) is 27.9 Å². The zero-order valence-electron chi connectivity index (χ0n) is 17.4. The highest BCUT2D eigenvalue weighted by Gasteiger charge is 2.34. The predicted octanol–water partition coefficient (Wildman–Crippen LogP) is 3.51. The molecule has 1 aliphatic heterocycles. The summed E-state index contributed by atoms with van der Waals surface area (Å²) in [5, 5.41) is 3.05. The van der Waals surface area contributed by atoms with Gasteiger partial charge in [0.15, 0.2) is 6.61 Å². The monoisotopic (exact) mass is 401 g/mol. The largest absolute Gasteiger partial charge is 0.497 e. The van der Waals surface area contributed by atoms with Crippen LogP contribution in [0.25, 0.3) is 0 Å². The molecule has 0 saturated heterocycles. The Bertz CT molecular complexity index is 857. The van der Waals surface area contributed by atoms with Crippen molar-refractivity contribution in [3.63, 3.8) is 0 Å². The SMILES string of the molecule is COc1cc(OC)cc(OCC(=O)N[C@H]2CC(C)(C)Oc3ccc(OC)cc32)c1. The summed E-state index contributed by atoms with van der Waals surface area (Å²) in [6, 6.07) is 10.5. The molecule has 0 aliphatic carbocycles. The smallest absolute Gasteiger partial charge is 0.258 e. The molecule has 0 aromatic heterocycles. The predicted molar refractivity (Wildman–Crippen MR) is 108 cm³/mol. The van der Waals surface area contributed by atoms with Crippen molar-refractivity contribution in [3.05, 3.63) is 42.0 Å². The lowest BCUT2D eigenvalue weighted by atomic mass is 9.89. The van der Waals surface area contributed by atoms with E-state index >= 15 is 0 Å². The number of carbonyl (C=O) groups is 1. The maximum absolute atomic E-state index is 12.6. The number of nitrogens with one attached hydrogen (secondary N) is 1. The molecule has 1 N–H and O–H groups in total. The molecule has 2 aromatic rings. The number of carbonyl (C=O) groups excluding carboxylic acids is 1. The molecule has 0 radical (unpaired) electrons. The molecule has 0 bridgehead atoms. The first-order chi connectivity index (χ1) is 13.8. The first kappa shape index (κ1) is 20.6. The molecule has 0 spiro atoms. The number of hydrogen-bond donors (Lipinski definition) is 1. The van der Waals surface area contributed by atoms with Crippen molar-refractivity contribution in [3.8, 4) is 28.7 Å². The van der Waals surface area contributed by atoms with Gasteiger partial charge in [-0.2, -0.15) is 0 Å². The van der Waals surface area contributed by atoms with Crippen LogP contribution in [-0.4, -0.2) is 39.4 Å². The highest BCUT2D eigenvalue weighted by molar-refractivity contribution is 5.78. The molecule has 7 heteroatoms. The average molecular weight is 401 g/mol. The molecule has 0 unspecified atom stereocenters. The van der Waals surface area contributed by atoms with Crippen LogP contribution in [-0.2, 0) is 4.79 Å². The van der Waals surface area contributed by atoms with Crippen LogP contribution in [0.4, 0.5) is 0 Å². The van der Waals surface area contributed by atoms with E-state index in [1.807, 2.05) is 32.0 Å². The van der Waals surface area contributed by atoms with Crippen LogP contribution in [0, 0.1) is 0 Å². The second-order valence-corrected chi connectivity index (χ2v) is 7.43. The van der Waals surface area contributed by atoms with E-state index in [2.05, 4.69) is 5.32 Å². The summed E-state index contributed by atoms with van der Waals surface area (Å²) in [5.41, 5.74) is 0.487. The van der Waals surface area contributed by atoms with Gasteiger partial charge in [-0.3, -0.25) is 4.79 Å². The van der Waals surface area contributed by atoms with Gasteiger partial charge in [0.25, 0.3) is 5.91 Å². The molecule has 29 heavy (non-hydrogen) atoms. The maximum Gasteiger partial charge on any atom is 0.258 e. The van der Waals surface area contributed by atoms with Gasteiger partial charge in [-0.1, -0.05) is 0 Å². The van der Waals surface area contributed by atoms with Gasteiger partial charge in [0, 0.05) is 30.2 Å². The van der Waals surface area contributed by atoms with Crippen molar-refractivity contribution < 1.29 is 28.5 Å². The lowest BCUT2D eigenvalue weighted by Crippen LogP contribution is -2.42. The Kier molecular flexibility index (Phi) is 6.06. The number of amides is 1. The van der Waals surface area contributed by atoms with E-state index < -0.39 is 5.60 Å². The molecule has 1 heterocycles. The van der Waals surface area contributed by atoms with Gasteiger partial charge >= 0.3 is 0 Å². The van der Waals surface area contributed by atoms with E-state index in [0.29, 0.717) is 29.4 Å². The summed E-state index contributed by atoms with van der Waals surface area (Å²) >= 11 is 0. The Hall–Kier alpha value is -3.09. The quantitative estimate of drug-likeness (QED) is 0.765. The fraction of sp³-hybridized carbons (Fsp3) is 0.409. The van der Waals surface area contributed by atoms with E-state index in [1.54, 1.807) is 39.5 Å². The van der Waals surface area contributed by atoms with E-state index in [1.165, 1.54) is 0 Å². The highest BCUT2D eigenvalue weighted by atomic mass is 16.5. The molecule has 7 nitrogen and oxygen atoms in total. The third-order valence-corrected chi connectivity index (χ3v) is 4.70. The molecule has 0 fully saturated rings. The van der Waals surface area contributed by atoms with Crippen molar-refractivity contribution in [2.45, 2.75) is 31.9 Å². The summed E-state index contributed by atoms with van der Waals surface area (Å²) in [4.78, 5) is 12.6. The Morgan fingerprint density at radius 1 is 1.00 bits per heavy atom. The van der Waals surface area contributed by atoms with E-state index in [-0.39, 0.29) is 18.6 Å². The molecule has 1 aliphatic rings. The molecule has 156 valence electrons. The lowest BCUT2D eigenvalue weighted by molar-refractivity contribution is -0.124. The zero-order chi connectivity index (χ0) is 21.0. The van der Waals surface area contributed by atoms with Crippen molar-refractivity contribution >= 4 is 5.91 Å². The number of hydrogen-bond acceptors (Lipinski definition) is 6. The van der Waals surface area contributed by atoms with Gasteiger partial charge < -0.3 is 29.0 Å². The van der Waals surface area contributed by atoms with Gasteiger partial charge in [0.1, 0.15) is 34.3 Å². The molecular formula is C22H27NO6. The number of ether oxygens (including phenoxy) is 5. The van der Waals surface area contributed by atoms with Crippen LogP contribution in [0.5, 0.6) is 28.7 Å². The minimum Gasteiger partial charge on any atom is -0.497 e. The molecule has 3 rings (SSSR count). The summed E-state index contributed by atoms with van der Waals surface area (Å²) < 4.78 is 27.5. The van der Waals surface area contributed by atoms with E-state index in [4.69, 9.17) is 23.7 Å². The van der Waals surface area contributed by atoms with Crippen LogP contribution in [0.3, 0.4) is 0 Å². The standard InChI is InChI=1S/C22H27NO6/c1-22(2)12-19(18-11-14(25-3)6-7-20(18)29-22)23-21(24)13-28-17-9-15(26-4)8-16(10-17)27-5/h6-11,19H,12-13H2,1-5H3,(H,23,24)/t19-/m0/s1. The maximum atomic E-state index is 12.6.